The van der Waals surface area contributed by atoms with Crippen molar-refractivity contribution in [2.45, 2.75) is 13.8 Å². The van der Waals surface area contributed by atoms with Crippen LogP contribution in [0.2, 0.25) is 0 Å². The summed E-state index contributed by atoms with van der Waals surface area (Å²) in [5.74, 6) is -4.48. The van der Waals surface area contributed by atoms with E-state index in [0.29, 0.717) is 22.9 Å². The Hall–Kier alpha value is -1.72. The van der Waals surface area contributed by atoms with Gasteiger partial charge in [0, 0.05) is 10.6 Å². The van der Waals surface area contributed by atoms with Gasteiger partial charge in [-0.15, -0.1) is 0 Å². The summed E-state index contributed by atoms with van der Waals surface area (Å²) < 4.78 is 22.5. The van der Waals surface area contributed by atoms with E-state index in [-0.39, 0.29) is 0 Å². The van der Waals surface area contributed by atoms with Gasteiger partial charge < -0.3 is 18.7 Å². The maximum absolute atomic E-state index is 6.08. The minimum Gasteiger partial charge on any atom is -0.497 e. The van der Waals surface area contributed by atoms with Gasteiger partial charge in [0.25, 0.3) is 0 Å². The van der Waals surface area contributed by atoms with Crippen LogP contribution in [0.4, 0.5) is 0 Å². The van der Waals surface area contributed by atoms with E-state index in [4.69, 9.17) is 42.3 Å². The first kappa shape index (κ1) is 21.0. The Balaban J connectivity index is 2.20. The highest BCUT2D eigenvalue weighted by molar-refractivity contribution is 8.67. The topological polar surface area (TPSA) is 61.6 Å². The quantitative estimate of drug-likeness (QED) is 0.647. The number of oxime groups is 2. The summed E-state index contributed by atoms with van der Waals surface area (Å²) >= 11 is 12.2. The van der Waals surface area contributed by atoms with Crippen molar-refractivity contribution >= 4 is 57.6 Å². The van der Waals surface area contributed by atoms with Crippen LogP contribution in [0.5, 0.6) is 11.5 Å². The third-order valence-electron chi connectivity index (χ3n) is 4.24. The highest BCUT2D eigenvalue weighted by Gasteiger charge is 2.45. The smallest absolute Gasteiger partial charge is 0.245 e. The van der Waals surface area contributed by atoms with E-state index in [9.17, 15) is 0 Å². The summed E-state index contributed by atoms with van der Waals surface area (Å²) in [4.78, 5) is 0. The standard InChI is InChI=1S/C18H20N2O4P2S2/c1-13-14(2)20-24-26(28,18-11-7-16(22-4)8-12-18)25(27,23-19-13)17-9-5-15(21-3)6-10-17/h5-12H,1-4H3/b19-13-,20-14-. The zero-order valence-corrected chi connectivity index (χ0v) is 19.3. The summed E-state index contributed by atoms with van der Waals surface area (Å²) in [7, 11) is 3.21. The molecule has 1 heterocycles. The molecule has 0 aliphatic carbocycles. The molecule has 2 unspecified atom stereocenters. The predicted molar refractivity (Wildman–Crippen MR) is 122 cm³/mol. The van der Waals surface area contributed by atoms with E-state index in [2.05, 4.69) is 10.3 Å². The molecule has 2 aromatic carbocycles. The van der Waals surface area contributed by atoms with E-state index >= 15 is 0 Å². The Morgan fingerprint density at radius 2 is 1.00 bits per heavy atom. The second-order valence-electron chi connectivity index (χ2n) is 5.95. The fourth-order valence-electron chi connectivity index (χ4n) is 2.40. The zero-order chi connectivity index (χ0) is 20.4. The second kappa shape index (κ2) is 8.34. The lowest BCUT2D eigenvalue weighted by atomic mass is 10.3. The minimum atomic E-state index is -2.95. The SMILES string of the molecule is COc1ccc(P2(=S)O/N=C(C)\C(C)=N/OP2(=S)c2ccc(OC)cc2)cc1. The molecule has 0 bridgehead atoms. The van der Waals surface area contributed by atoms with Gasteiger partial charge in [0.1, 0.15) is 22.9 Å². The van der Waals surface area contributed by atoms with Gasteiger partial charge in [0.05, 0.1) is 14.2 Å². The van der Waals surface area contributed by atoms with E-state index in [0.717, 1.165) is 10.6 Å². The van der Waals surface area contributed by atoms with Crippen molar-refractivity contribution in [1.29, 1.82) is 0 Å². The van der Waals surface area contributed by atoms with Crippen molar-refractivity contribution in [2.75, 3.05) is 14.2 Å². The molecule has 0 spiro atoms. The Labute approximate surface area is 174 Å². The van der Waals surface area contributed by atoms with Crippen LogP contribution in [-0.4, -0.2) is 25.6 Å². The molecule has 0 saturated carbocycles. The summed E-state index contributed by atoms with van der Waals surface area (Å²) in [5.41, 5.74) is 1.19. The van der Waals surface area contributed by atoms with Gasteiger partial charge in [0.15, 0.2) is 0 Å². The lowest BCUT2D eigenvalue weighted by molar-refractivity contribution is 0.366. The van der Waals surface area contributed by atoms with Gasteiger partial charge in [-0.1, -0.05) is 10.3 Å². The first-order valence-corrected chi connectivity index (χ1v) is 14.5. The van der Waals surface area contributed by atoms with Crippen LogP contribution < -0.4 is 20.1 Å². The maximum Gasteiger partial charge on any atom is 0.245 e. The molecule has 6 nitrogen and oxygen atoms in total. The number of hydrogen-bond donors (Lipinski definition) is 0. The molecule has 148 valence electrons. The van der Waals surface area contributed by atoms with E-state index in [1.165, 1.54) is 0 Å². The zero-order valence-electron chi connectivity index (χ0n) is 15.9. The Kier molecular flexibility index (Phi) is 6.25. The molecule has 1 aliphatic rings. The van der Waals surface area contributed by atoms with Gasteiger partial charge in [-0.3, -0.25) is 0 Å². The Bertz CT molecular complexity index is 937. The molecule has 3 rings (SSSR count). The van der Waals surface area contributed by atoms with E-state index in [1.54, 1.807) is 28.1 Å². The third kappa shape index (κ3) is 3.74. The lowest BCUT2D eigenvalue weighted by Gasteiger charge is -2.31. The van der Waals surface area contributed by atoms with E-state index in [1.807, 2.05) is 48.5 Å². The summed E-state index contributed by atoms with van der Waals surface area (Å²) in [6.45, 7) is 3.58. The number of benzene rings is 2. The van der Waals surface area contributed by atoms with Crippen molar-refractivity contribution in [3.8, 4) is 11.5 Å². The molecule has 28 heavy (non-hydrogen) atoms. The molecule has 0 radical (unpaired) electrons. The van der Waals surface area contributed by atoms with Crippen LogP contribution in [0.25, 0.3) is 0 Å². The number of ether oxygens (including phenoxy) is 2. The molecule has 2 atom stereocenters. The van der Waals surface area contributed by atoms with Gasteiger partial charge in [0.2, 0.25) is 11.9 Å². The number of methoxy groups -OCH3 is 2. The van der Waals surface area contributed by atoms with Crippen molar-refractivity contribution in [3.63, 3.8) is 0 Å². The lowest BCUT2D eigenvalue weighted by Crippen LogP contribution is -2.18. The van der Waals surface area contributed by atoms with Crippen LogP contribution in [0, 0.1) is 0 Å². The van der Waals surface area contributed by atoms with Crippen molar-refractivity contribution in [3.05, 3.63) is 48.5 Å². The Morgan fingerprint density at radius 3 is 1.29 bits per heavy atom. The summed E-state index contributed by atoms with van der Waals surface area (Å²) in [5, 5.41) is 10.0. The molecule has 0 amide bonds. The summed E-state index contributed by atoms with van der Waals surface area (Å²) in [6, 6.07) is 14.7. The molecule has 0 N–H and O–H groups in total. The molecule has 2 aromatic rings. The molecule has 0 aromatic heterocycles. The highest BCUT2D eigenvalue weighted by atomic mass is 32.8. The van der Waals surface area contributed by atoms with Crippen molar-refractivity contribution < 1.29 is 18.7 Å². The molecule has 1 aliphatic heterocycles. The van der Waals surface area contributed by atoms with Gasteiger partial charge in [-0.05, 0) is 86.0 Å². The fraction of sp³-hybridized carbons (Fsp3) is 0.222. The minimum absolute atomic E-state index is 0.596. The van der Waals surface area contributed by atoms with E-state index < -0.39 is 11.9 Å². The first-order chi connectivity index (χ1) is 13.3. The number of rotatable bonds is 4. The van der Waals surface area contributed by atoms with Crippen molar-refractivity contribution in [1.82, 2.24) is 0 Å². The molecular weight excluding hydrogens is 434 g/mol. The van der Waals surface area contributed by atoms with Crippen molar-refractivity contribution in [2.24, 2.45) is 10.3 Å². The third-order valence-corrected chi connectivity index (χ3v) is 18.1. The number of hydrogen-bond acceptors (Lipinski definition) is 8. The molecule has 10 heteroatoms. The molecule has 0 fully saturated rings. The van der Waals surface area contributed by atoms with Crippen LogP contribution in [0.15, 0.2) is 58.8 Å². The summed E-state index contributed by atoms with van der Waals surface area (Å²) in [6.07, 6.45) is 0. The largest absolute Gasteiger partial charge is 0.497 e. The van der Waals surface area contributed by atoms with Gasteiger partial charge in [-0.25, -0.2) is 0 Å². The van der Waals surface area contributed by atoms with Crippen LogP contribution >= 0.6 is 11.9 Å². The van der Waals surface area contributed by atoms with Crippen LogP contribution in [0.3, 0.4) is 0 Å². The second-order valence-corrected chi connectivity index (χ2v) is 17.5. The maximum atomic E-state index is 6.08. The average Bonchev–Trinajstić information content (AvgIpc) is 2.74. The van der Waals surface area contributed by atoms with Crippen LogP contribution in [-0.2, 0) is 32.9 Å². The molecule has 0 saturated heterocycles. The van der Waals surface area contributed by atoms with Gasteiger partial charge in [-0.2, -0.15) is 0 Å². The first-order valence-electron chi connectivity index (χ1n) is 8.31. The van der Waals surface area contributed by atoms with Gasteiger partial charge >= 0.3 is 0 Å². The Morgan fingerprint density at radius 1 is 0.679 bits per heavy atom. The molecular formula is C18H20N2O4P2S2. The normalized spacial score (nSPS) is 28.3. The highest BCUT2D eigenvalue weighted by Crippen LogP contribution is 2.82. The predicted octanol–water partition coefficient (Wildman–Crippen LogP) is 4.16. The monoisotopic (exact) mass is 454 g/mol. The number of nitrogens with zero attached hydrogens (tertiary/aromatic N) is 2. The average molecular weight is 454 g/mol. The van der Waals surface area contributed by atoms with Crippen LogP contribution in [0.1, 0.15) is 13.8 Å². The fourth-order valence-corrected chi connectivity index (χ4v) is 11.5.